The molecular weight excluding hydrogens is 298 g/mol. The van der Waals surface area contributed by atoms with Gasteiger partial charge in [0.15, 0.2) is 0 Å². The zero-order valence-corrected chi connectivity index (χ0v) is 13.1. The third kappa shape index (κ3) is 4.32. The lowest BCUT2D eigenvalue weighted by molar-refractivity contribution is 0.389. The second-order valence-electron chi connectivity index (χ2n) is 5.48. The van der Waals surface area contributed by atoms with Crippen LogP contribution in [0.3, 0.4) is 0 Å². The van der Waals surface area contributed by atoms with Crippen LogP contribution in [0.25, 0.3) is 0 Å². The van der Waals surface area contributed by atoms with Gasteiger partial charge in [0, 0.05) is 23.5 Å². The van der Waals surface area contributed by atoms with E-state index < -0.39 is 0 Å². The molecule has 1 saturated heterocycles. The van der Waals surface area contributed by atoms with E-state index in [4.69, 9.17) is 11.6 Å². The van der Waals surface area contributed by atoms with Crippen molar-refractivity contribution in [3.05, 3.63) is 41.6 Å². The Bertz CT molecular complexity index is 613. The molecule has 22 heavy (non-hydrogen) atoms. The molecule has 1 aromatic carbocycles. The Labute approximate surface area is 135 Å². The maximum Gasteiger partial charge on any atom is 0.229 e. The molecule has 0 atom stereocenters. The summed E-state index contributed by atoms with van der Waals surface area (Å²) in [5, 5.41) is 10.6. The summed E-state index contributed by atoms with van der Waals surface area (Å²) >= 11 is 5.98. The van der Waals surface area contributed by atoms with Crippen molar-refractivity contribution in [2.24, 2.45) is 5.92 Å². The smallest absolute Gasteiger partial charge is 0.229 e. The van der Waals surface area contributed by atoms with Crippen LogP contribution < -0.4 is 16.0 Å². The molecule has 3 rings (SSSR count). The standard InChI is InChI=1S/C16H20ClN5/c17-13-2-1-3-14(10-13)21-16-19-9-6-15(22-16)20-11-12-4-7-18-8-5-12/h1-3,6,9-10,12,18H,4-5,7-8,11H2,(H2,19,20,21,22). The molecule has 2 aromatic rings. The highest BCUT2D eigenvalue weighted by atomic mass is 35.5. The predicted octanol–water partition coefficient (Wildman–Crippen LogP) is 3.29. The van der Waals surface area contributed by atoms with E-state index >= 15 is 0 Å². The van der Waals surface area contributed by atoms with E-state index in [2.05, 4.69) is 25.9 Å². The van der Waals surface area contributed by atoms with E-state index in [9.17, 15) is 0 Å². The molecule has 116 valence electrons. The van der Waals surface area contributed by atoms with Gasteiger partial charge in [-0.25, -0.2) is 4.98 Å². The van der Waals surface area contributed by atoms with Crippen molar-refractivity contribution >= 4 is 29.1 Å². The molecular formula is C16H20ClN5. The maximum absolute atomic E-state index is 5.98. The van der Waals surface area contributed by atoms with Crippen LogP contribution in [0.2, 0.25) is 5.02 Å². The summed E-state index contributed by atoms with van der Waals surface area (Å²) in [4.78, 5) is 8.73. The summed E-state index contributed by atoms with van der Waals surface area (Å²) in [6.45, 7) is 3.17. The molecule has 2 heterocycles. The summed E-state index contributed by atoms with van der Waals surface area (Å²) in [6, 6.07) is 9.41. The van der Waals surface area contributed by atoms with Crippen molar-refractivity contribution in [2.75, 3.05) is 30.3 Å². The summed E-state index contributed by atoms with van der Waals surface area (Å²) in [6.07, 6.45) is 4.18. The molecule has 5 nitrogen and oxygen atoms in total. The number of nitrogens with zero attached hydrogens (tertiary/aromatic N) is 2. The zero-order chi connectivity index (χ0) is 15.2. The third-order valence-electron chi connectivity index (χ3n) is 3.77. The lowest BCUT2D eigenvalue weighted by Gasteiger charge is -2.23. The van der Waals surface area contributed by atoms with Crippen LogP contribution >= 0.6 is 11.6 Å². The predicted molar refractivity (Wildman–Crippen MR) is 90.9 cm³/mol. The summed E-state index contributed by atoms with van der Waals surface area (Å²) in [5.74, 6) is 2.12. The maximum atomic E-state index is 5.98. The van der Waals surface area contributed by atoms with E-state index in [1.165, 1.54) is 12.8 Å². The molecule has 0 saturated carbocycles. The largest absolute Gasteiger partial charge is 0.370 e. The molecule has 0 spiro atoms. The van der Waals surface area contributed by atoms with Crippen LogP contribution in [0, 0.1) is 5.92 Å². The van der Waals surface area contributed by atoms with Gasteiger partial charge in [-0.05, 0) is 56.1 Å². The van der Waals surface area contributed by atoms with Crippen LogP contribution in [0.1, 0.15) is 12.8 Å². The fourth-order valence-corrected chi connectivity index (χ4v) is 2.74. The van der Waals surface area contributed by atoms with Gasteiger partial charge in [0.1, 0.15) is 5.82 Å². The first-order valence-corrected chi connectivity index (χ1v) is 7.97. The van der Waals surface area contributed by atoms with E-state index in [1.54, 1.807) is 6.20 Å². The summed E-state index contributed by atoms with van der Waals surface area (Å²) in [7, 11) is 0. The molecule has 0 aliphatic carbocycles. The molecule has 1 aliphatic heterocycles. The first kappa shape index (κ1) is 15.1. The van der Waals surface area contributed by atoms with Gasteiger partial charge >= 0.3 is 0 Å². The minimum Gasteiger partial charge on any atom is -0.370 e. The van der Waals surface area contributed by atoms with Gasteiger partial charge in [-0.1, -0.05) is 17.7 Å². The van der Waals surface area contributed by atoms with E-state index in [1.807, 2.05) is 30.3 Å². The number of benzene rings is 1. The molecule has 1 aliphatic rings. The number of aromatic nitrogens is 2. The van der Waals surface area contributed by atoms with Crippen LogP contribution in [-0.4, -0.2) is 29.6 Å². The Kier molecular flexibility index (Phi) is 5.08. The van der Waals surface area contributed by atoms with Gasteiger partial charge in [0.2, 0.25) is 5.95 Å². The van der Waals surface area contributed by atoms with Crippen molar-refractivity contribution in [3.63, 3.8) is 0 Å². The van der Waals surface area contributed by atoms with E-state index in [-0.39, 0.29) is 0 Å². The Balaban J connectivity index is 1.59. The zero-order valence-electron chi connectivity index (χ0n) is 12.3. The molecule has 3 N–H and O–H groups in total. The number of piperidine rings is 1. The first-order chi connectivity index (χ1) is 10.8. The summed E-state index contributed by atoms with van der Waals surface area (Å²) in [5.41, 5.74) is 0.878. The van der Waals surface area contributed by atoms with E-state index in [0.29, 0.717) is 16.9 Å². The number of hydrogen-bond acceptors (Lipinski definition) is 5. The van der Waals surface area contributed by atoms with Crippen LogP contribution in [0.15, 0.2) is 36.5 Å². The molecule has 0 unspecified atom stereocenters. The number of hydrogen-bond donors (Lipinski definition) is 3. The van der Waals surface area contributed by atoms with Crippen molar-refractivity contribution in [1.82, 2.24) is 15.3 Å². The van der Waals surface area contributed by atoms with Crippen molar-refractivity contribution in [1.29, 1.82) is 0 Å². The van der Waals surface area contributed by atoms with Crippen molar-refractivity contribution < 1.29 is 0 Å². The average molecular weight is 318 g/mol. The van der Waals surface area contributed by atoms with Crippen LogP contribution in [0.4, 0.5) is 17.5 Å². The lowest BCUT2D eigenvalue weighted by atomic mass is 9.98. The third-order valence-corrected chi connectivity index (χ3v) is 4.00. The van der Waals surface area contributed by atoms with E-state index in [0.717, 1.165) is 31.1 Å². The van der Waals surface area contributed by atoms with Gasteiger partial charge in [-0.15, -0.1) is 0 Å². The number of rotatable bonds is 5. The number of anilines is 3. The normalized spacial score (nSPS) is 15.5. The number of halogens is 1. The first-order valence-electron chi connectivity index (χ1n) is 7.60. The molecule has 0 bridgehead atoms. The van der Waals surface area contributed by atoms with Gasteiger partial charge in [0.05, 0.1) is 0 Å². The minimum atomic E-state index is 0.567. The molecule has 0 amide bonds. The van der Waals surface area contributed by atoms with Crippen molar-refractivity contribution in [3.8, 4) is 0 Å². The van der Waals surface area contributed by atoms with Crippen LogP contribution in [-0.2, 0) is 0 Å². The summed E-state index contributed by atoms with van der Waals surface area (Å²) < 4.78 is 0. The molecule has 1 aromatic heterocycles. The van der Waals surface area contributed by atoms with Gasteiger partial charge in [-0.2, -0.15) is 4.98 Å². The Morgan fingerprint density at radius 3 is 2.91 bits per heavy atom. The molecule has 1 fully saturated rings. The lowest BCUT2D eigenvalue weighted by Crippen LogP contribution is -2.31. The van der Waals surface area contributed by atoms with Gasteiger partial charge < -0.3 is 16.0 Å². The SMILES string of the molecule is Clc1cccc(Nc2nccc(NCC3CCNCC3)n2)c1. The molecule has 6 heteroatoms. The quantitative estimate of drug-likeness (QED) is 0.790. The molecule has 0 radical (unpaired) electrons. The Morgan fingerprint density at radius 2 is 2.09 bits per heavy atom. The highest BCUT2D eigenvalue weighted by Gasteiger charge is 2.12. The van der Waals surface area contributed by atoms with Gasteiger partial charge in [0.25, 0.3) is 0 Å². The monoisotopic (exact) mass is 317 g/mol. The van der Waals surface area contributed by atoms with Crippen molar-refractivity contribution in [2.45, 2.75) is 12.8 Å². The average Bonchev–Trinajstić information content (AvgIpc) is 2.54. The highest BCUT2D eigenvalue weighted by Crippen LogP contribution is 2.19. The number of nitrogens with one attached hydrogen (secondary N) is 3. The topological polar surface area (TPSA) is 61.9 Å². The Morgan fingerprint density at radius 1 is 1.23 bits per heavy atom. The minimum absolute atomic E-state index is 0.567. The van der Waals surface area contributed by atoms with Gasteiger partial charge in [-0.3, -0.25) is 0 Å². The second-order valence-corrected chi connectivity index (χ2v) is 5.91. The highest BCUT2D eigenvalue weighted by molar-refractivity contribution is 6.30. The van der Waals surface area contributed by atoms with Crippen LogP contribution in [0.5, 0.6) is 0 Å². The fourth-order valence-electron chi connectivity index (χ4n) is 2.55. The Hall–Kier alpha value is -1.85. The second kappa shape index (κ2) is 7.42. The fraction of sp³-hybridized carbons (Fsp3) is 0.375.